The van der Waals surface area contributed by atoms with Crippen LogP contribution in [0.25, 0.3) is 0 Å². The van der Waals surface area contributed by atoms with Crippen LogP contribution in [0.2, 0.25) is 0 Å². The van der Waals surface area contributed by atoms with Gasteiger partial charge in [0.05, 0.1) is 16.7 Å². The number of carbonyl (C=O) groups is 1. The SMILES string of the molecule is N#Cc1c(C(=O)O)ccc(Br)c1C(F)(F)F. The third kappa shape index (κ3) is 2.17. The van der Waals surface area contributed by atoms with Gasteiger partial charge in [0.15, 0.2) is 0 Å². The van der Waals surface area contributed by atoms with E-state index in [1.165, 1.54) is 6.07 Å². The van der Waals surface area contributed by atoms with Gasteiger partial charge in [0.2, 0.25) is 0 Å². The summed E-state index contributed by atoms with van der Waals surface area (Å²) in [6.45, 7) is 0. The van der Waals surface area contributed by atoms with Crippen LogP contribution < -0.4 is 0 Å². The molecule has 0 aromatic heterocycles. The van der Waals surface area contributed by atoms with Gasteiger partial charge in [-0.1, -0.05) is 15.9 Å². The van der Waals surface area contributed by atoms with Crippen molar-refractivity contribution in [1.29, 1.82) is 5.26 Å². The van der Waals surface area contributed by atoms with Crippen LogP contribution in [0.5, 0.6) is 0 Å². The van der Waals surface area contributed by atoms with Gasteiger partial charge in [-0.3, -0.25) is 0 Å². The molecular weight excluding hydrogens is 291 g/mol. The quantitative estimate of drug-likeness (QED) is 0.866. The molecule has 0 saturated carbocycles. The minimum absolute atomic E-state index is 0.360. The number of nitrogens with zero attached hydrogens (tertiary/aromatic N) is 1. The molecule has 0 spiro atoms. The Morgan fingerprint density at radius 2 is 2.00 bits per heavy atom. The molecule has 0 fully saturated rings. The second-order valence-corrected chi connectivity index (χ2v) is 3.61. The van der Waals surface area contributed by atoms with Crippen molar-refractivity contribution in [1.82, 2.24) is 0 Å². The summed E-state index contributed by atoms with van der Waals surface area (Å²) in [6, 6.07) is 3.16. The van der Waals surface area contributed by atoms with Crippen LogP contribution in [0.3, 0.4) is 0 Å². The monoisotopic (exact) mass is 293 g/mol. The number of alkyl halides is 3. The molecule has 7 heteroatoms. The van der Waals surface area contributed by atoms with E-state index in [1.807, 2.05) is 0 Å². The molecule has 0 aliphatic carbocycles. The zero-order valence-corrected chi connectivity index (χ0v) is 9.06. The highest BCUT2D eigenvalue weighted by Crippen LogP contribution is 2.38. The number of hydrogen-bond acceptors (Lipinski definition) is 2. The number of halogens is 4. The van der Waals surface area contributed by atoms with Gasteiger partial charge in [-0.15, -0.1) is 0 Å². The van der Waals surface area contributed by atoms with Crippen LogP contribution in [0.4, 0.5) is 13.2 Å². The number of benzene rings is 1. The van der Waals surface area contributed by atoms with Crippen LogP contribution in [0.1, 0.15) is 21.5 Å². The van der Waals surface area contributed by atoms with Gasteiger partial charge in [0, 0.05) is 4.47 Å². The van der Waals surface area contributed by atoms with Gasteiger partial charge in [-0.25, -0.2) is 4.79 Å². The van der Waals surface area contributed by atoms with Crippen molar-refractivity contribution in [3.63, 3.8) is 0 Å². The first-order valence-corrected chi connectivity index (χ1v) is 4.61. The lowest BCUT2D eigenvalue weighted by molar-refractivity contribution is -0.138. The average Bonchev–Trinajstić information content (AvgIpc) is 2.14. The Kier molecular flexibility index (Phi) is 3.24. The molecule has 3 nitrogen and oxygen atoms in total. The second-order valence-electron chi connectivity index (χ2n) is 2.76. The Bertz CT molecular complexity index is 491. The zero-order chi connectivity index (χ0) is 12.5. The zero-order valence-electron chi connectivity index (χ0n) is 7.47. The van der Waals surface area contributed by atoms with E-state index in [9.17, 15) is 18.0 Å². The summed E-state index contributed by atoms with van der Waals surface area (Å²) in [5.41, 5.74) is -2.83. The lowest BCUT2D eigenvalue weighted by Crippen LogP contribution is -2.13. The van der Waals surface area contributed by atoms with Gasteiger partial charge >= 0.3 is 12.1 Å². The number of carboxylic acid groups (broad SMARTS) is 1. The Labute approximate surface area is 96.2 Å². The summed E-state index contributed by atoms with van der Waals surface area (Å²) in [5.74, 6) is -1.57. The molecule has 1 aromatic carbocycles. The molecule has 84 valence electrons. The van der Waals surface area contributed by atoms with Gasteiger partial charge in [0.25, 0.3) is 0 Å². The van der Waals surface area contributed by atoms with E-state index in [0.29, 0.717) is 0 Å². The van der Waals surface area contributed by atoms with Crippen LogP contribution >= 0.6 is 15.9 Å². The molecule has 0 unspecified atom stereocenters. The fourth-order valence-electron chi connectivity index (χ4n) is 1.15. The highest BCUT2D eigenvalue weighted by atomic mass is 79.9. The predicted molar refractivity (Wildman–Crippen MR) is 50.8 cm³/mol. The fourth-order valence-corrected chi connectivity index (χ4v) is 1.70. The second kappa shape index (κ2) is 4.14. The Hall–Kier alpha value is -1.55. The van der Waals surface area contributed by atoms with E-state index < -0.39 is 28.8 Å². The summed E-state index contributed by atoms with van der Waals surface area (Å²) in [7, 11) is 0. The van der Waals surface area contributed by atoms with Gasteiger partial charge in [0.1, 0.15) is 6.07 Å². The van der Waals surface area contributed by atoms with Crippen molar-refractivity contribution in [3.8, 4) is 6.07 Å². The van der Waals surface area contributed by atoms with Crippen LogP contribution in [-0.2, 0) is 6.18 Å². The van der Waals surface area contributed by atoms with Crippen LogP contribution in [0, 0.1) is 11.3 Å². The van der Waals surface area contributed by atoms with E-state index >= 15 is 0 Å². The average molecular weight is 294 g/mol. The molecule has 16 heavy (non-hydrogen) atoms. The van der Waals surface area contributed by atoms with E-state index in [0.717, 1.165) is 12.1 Å². The summed E-state index contributed by atoms with van der Waals surface area (Å²) in [4.78, 5) is 10.6. The first-order valence-electron chi connectivity index (χ1n) is 3.82. The summed E-state index contributed by atoms with van der Waals surface area (Å²) < 4.78 is 37.3. The van der Waals surface area contributed by atoms with Crippen LogP contribution in [-0.4, -0.2) is 11.1 Å². The number of rotatable bonds is 1. The van der Waals surface area contributed by atoms with Crippen molar-refractivity contribution in [2.24, 2.45) is 0 Å². The van der Waals surface area contributed by atoms with Gasteiger partial charge in [-0.2, -0.15) is 18.4 Å². The summed E-state index contributed by atoms with van der Waals surface area (Å²) >= 11 is 2.64. The smallest absolute Gasteiger partial charge is 0.418 e. The molecule has 1 aromatic rings. The molecule has 0 amide bonds. The molecule has 0 atom stereocenters. The van der Waals surface area contributed by atoms with Crippen molar-refractivity contribution in [2.75, 3.05) is 0 Å². The first-order chi connectivity index (χ1) is 7.29. The van der Waals surface area contributed by atoms with Crippen molar-refractivity contribution < 1.29 is 23.1 Å². The maximum atomic E-state index is 12.6. The molecule has 0 heterocycles. The molecule has 0 bridgehead atoms. The van der Waals surface area contributed by atoms with Gasteiger partial charge in [-0.05, 0) is 12.1 Å². The summed E-state index contributed by atoms with van der Waals surface area (Å²) in [6.07, 6.45) is -4.78. The standard InChI is InChI=1S/C9H3BrF3NO2/c10-6-2-1-4(8(15)16)5(3-14)7(6)9(11,12)13/h1-2H,(H,15,16). The van der Waals surface area contributed by atoms with E-state index in [2.05, 4.69) is 15.9 Å². The molecule has 0 saturated heterocycles. The number of aromatic carboxylic acids is 1. The Balaban J connectivity index is 3.66. The number of carboxylic acids is 1. The normalized spacial score (nSPS) is 10.9. The maximum absolute atomic E-state index is 12.6. The molecule has 0 radical (unpaired) electrons. The van der Waals surface area contributed by atoms with E-state index in [-0.39, 0.29) is 4.47 Å². The van der Waals surface area contributed by atoms with Gasteiger partial charge < -0.3 is 5.11 Å². The third-order valence-corrected chi connectivity index (χ3v) is 2.44. The van der Waals surface area contributed by atoms with E-state index in [1.54, 1.807) is 0 Å². The fraction of sp³-hybridized carbons (Fsp3) is 0.111. The topological polar surface area (TPSA) is 61.1 Å². The lowest BCUT2D eigenvalue weighted by Gasteiger charge is -2.12. The van der Waals surface area contributed by atoms with Crippen LogP contribution in [0.15, 0.2) is 16.6 Å². The Morgan fingerprint density at radius 1 is 1.44 bits per heavy atom. The minimum Gasteiger partial charge on any atom is -0.478 e. The number of hydrogen-bond donors (Lipinski definition) is 1. The molecular formula is C9H3BrF3NO2. The predicted octanol–water partition coefficient (Wildman–Crippen LogP) is 3.04. The highest BCUT2D eigenvalue weighted by molar-refractivity contribution is 9.10. The highest BCUT2D eigenvalue weighted by Gasteiger charge is 2.37. The van der Waals surface area contributed by atoms with Crippen molar-refractivity contribution in [3.05, 3.63) is 33.3 Å². The van der Waals surface area contributed by atoms with E-state index in [4.69, 9.17) is 10.4 Å². The van der Waals surface area contributed by atoms with Crippen molar-refractivity contribution >= 4 is 21.9 Å². The largest absolute Gasteiger partial charge is 0.478 e. The van der Waals surface area contributed by atoms with Crippen molar-refractivity contribution in [2.45, 2.75) is 6.18 Å². The third-order valence-electron chi connectivity index (χ3n) is 1.78. The first kappa shape index (κ1) is 12.5. The minimum atomic E-state index is -4.78. The molecule has 0 aliphatic heterocycles. The maximum Gasteiger partial charge on any atom is 0.418 e. The molecule has 0 aliphatic rings. The summed E-state index contributed by atoms with van der Waals surface area (Å²) in [5, 5.41) is 17.2. The molecule has 1 rings (SSSR count). The lowest BCUT2D eigenvalue weighted by atomic mass is 10.0. The Morgan fingerprint density at radius 3 is 2.38 bits per heavy atom. The molecule has 1 N–H and O–H groups in total. The number of nitriles is 1.